The molecule has 0 radical (unpaired) electrons. The number of anilines is 1. The van der Waals surface area contributed by atoms with Crippen molar-refractivity contribution in [2.24, 2.45) is 0 Å². The first-order valence-electron chi connectivity index (χ1n) is 7.56. The van der Waals surface area contributed by atoms with Gasteiger partial charge in [0.15, 0.2) is 10.6 Å². The normalized spacial score (nSPS) is 13.1. The smallest absolute Gasteiger partial charge is 0.305 e. The Morgan fingerprint density at radius 2 is 2.12 bits per heavy atom. The summed E-state index contributed by atoms with van der Waals surface area (Å²) >= 11 is 7.11. The number of nitrogens with one attached hydrogen (secondary N) is 1. The summed E-state index contributed by atoms with van der Waals surface area (Å²) in [6, 6.07) is 0. The maximum absolute atomic E-state index is 11.6. The van der Waals surface area contributed by atoms with E-state index in [1.54, 1.807) is 20.8 Å². The molecule has 0 spiro atoms. The topological polar surface area (TPSA) is 117 Å². The number of hydrogen-bond acceptors (Lipinski definition) is 9. The minimum Gasteiger partial charge on any atom is -0.397 e. The van der Waals surface area contributed by atoms with Gasteiger partial charge in [0.2, 0.25) is 26.5 Å². The van der Waals surface area contributed by atoms with E-state index in [1.165, 1.54) is 11.1 Å². The Balaban J connectivity index is 2.23. The molecule has 0 aliphatic rings. The van der Waals surface area contributed by atoms with Crippen molar-refractivity contribution < 1.29 is 23.7 Å². The fraction of sp³-hybridized carbons (Fsp3) is 0.538. The maximum Gasteiger partial charge on any atom is 0.305 e. The summed E-state index contributed by atoms with van der Waals surface area (Å²) in [4.78, 5) is 27.1. The van der Waals surface area contributed by atoms with Gasteiger partial charge >= 0.3 is 4.86 Å². The lowest BCUT2D eigenvalue weighted by molar-refractivity contribution is -0.106. The van der Waals surface area contributed by atoms with Crippen molar-refractivity contribution in [1.82, 2.24) is 19.7 Å². The molecule has 1 atom stereocenters. The van der Waals surface area contributed by atoms with Gasteiger partial charge in [0, 0.05) is 13.2 Å². The zero-order valence-electron chi connectivity index (χ0n) is 14.2. The number of thioether (sulfide) groups is 1. The van der Waals surface area contributed by atoms with Crippen LogP contribution in [0.4, 0.5) is 5.95 Å². The minimum atomic E-state index is -1.38. The minimum absolute atomic E-state index is 0.0132. The Labute approximate surface area is 160 Å². The third kappa shape index (κ3) is 4.80. The van der Waals surface area contributed by atoms with Gasteiger partial charge in [-0.1, -0.05) is 11.6 Å². The Morgan fingerprint density at radius 1 is 1.42 bits per heavy atom. The second kappa shape index (κ2) is 9.43. The maximum atomic E-state index is 11.6. The van der Waals surface area contributed by atoms with Gasteiger partial charge in [-0.3, -0.25) is 14.7 Å². The van der Waals surface area contributed by atoms with E-state index in [0.717, 1.165) is 11.8 Å². The van der Waals surface area contributed by atoms with Gasteiger partial charge in [0.25, 0.3) is 0 Å². The van der Waals surface area contributed by atoms with Gasteiger partial charge in [-0.15, -0.1) is 0 Å². The number of halogens is 1. The van der Waals surface area contributed by atoms with Crippen molar-refractivity contribution in [1.29, 1.82) is 0 Å². The second-order valence-electron chi connectivity index (χ2n) is 4.61. The van der Waals surface area contributed by atoms with Gasteiger partial charge in [-0.05, 0) is 32.5 Å². The van der Waals surface area contributed by atoms with Gasteiger partial charge < -0.3 is 14.3 Å². The summed E-state index contributed by atoms with van der Waals surface area (Å²) in [7, 11) is -0.335. The lowest BCUT2D eigenvalue weighted by atomic mass is 10.5. The average molecular weight is 422 g/mol. The molecule has 0 saturated heterocycles. The van der Waals surface area contributed by atoms with Crippen LogP contribution in [-0.2, 0) is 18.8 Å². The number of rotatable bonds is 11. The Bertz CT molecular complexity index is 773. The highest BCUT2D eigenvalue weighted by molar-refractivity contribution is 8.04. The first kappa shape index (κ1) is 20.8. The number of imidazole rings is 1. The number of ether oxygens (including phenoxy) is 2. The van der Waals surface area contributed by atoms with Crippen molar-refractivity contribution in [3.05, 3.63) is 11.5 Å². The van der Waals surface area contributed by atoms with E-state index >= 15 is 0 Å². The zero-order chi connectivity index (χ0) is 19.2. The van der Waals surface area contributed by atoms with Crippen LogP contribution in [-0.4, -0.2) is 49.6 Å². The predicted octanol–water partition coefficient (Wildman–Crippen LogP) is 2.53. The fourth-order valence-corrected chi connectivity index (χ4v) is 4.10. The van der Waals surface area contributed by atoms with Crippen LogP contribution in [0.1, 0.15) is 20.8 Å². The highest BCUT2D eigenvalue weighted by atomic mass is 35.5. The summed E-state index contributed by atoms with van der Waals surface area (Å²) in [6.07, 6.45) is 1.80. The lowest BCUT2D eigenvalue weighted by Crippen LogP contribution is -2.31. The molecule has 1 unspecified atom stereocenters. The Hall–Kier alpha value is -1.52. The van der Waals surface area contributed by atoms with E-state index in [2.05, 4.69) is 20.3 Å². The van der Waals surface area contributed by atoms with Crippen LogP contribution in [0.15, 0.2) is 6.33 Å². The molecule has 142 valence electrons. The third-order valence-corrected chi connectivity index (χ3v) is 5.09. The fourth-order valence-electron chi connectivity index (χ4n) is 1.98. The van der Waals surface area contributed by atoms with Crippen LogP contribution in [0.3, 0.4) is 0 Å². The van der Waals surface area contributed by atoms with Crippen molar-refractivity contribution in [2.45, 2.75) is 31.1 Å². The van der Waals surface area contributed by atoms with Crippen LogP contribution in [0, 0.1) is 0 Å². The van der Waals surface area contributed by atoms with E-state index in [9.17, 15) is 9.36 Å². The van der Waals surface area contributed by atoms with Gasteiger partial charge in [0.05, 0.1) is 0 Å². The van der Waals surface area contributed by atoms with Gasteiger partial charge in [0.1, 0.15) is 11.8 Å². The number of fused-ring (bicyclic) bond motifs is 1. The standard InChI is InChI=1S/C13H17ClN5O5PS/c1-4-22-13(25-21,23-5-2)26-8(3)24-19-6-15-9-10(14)17-12(16-7-20)18-11(9)19/h6-8H,4-5H2,1-3H3,(H,16,17,18,20). The number of nitrogens with zero attached hydrogens (tertiary/aromatic N) is 4. The summed E-state index contributed by atoms with van der Waals surface area (Å²) in [6.45, 7) is 5.89. The van der Waals surface area contributed by atoms with Crippen molar-refractivity contribution in [2.75, 3.05) is 18.5 Å². The second-order valence-corrected chi connectivity index (χ2v) is 7.48. The molecule has 0 aliphatic heterocycles. The number of aromatic nitrogens is 4. The highest BCUT2D eigenvalue weighted by Crippen LogP contribution is 2.41. The van der Waals surface area contributed by atoms with Crippen molar-refractivity contribution in [3.63, 3.8) is 0 Å². The molecule has 10 nitrogen and oxygen atoms in total. The zero-order valence-corrected chi connectivity index (χ0v) is 16.7. The van der Waals surface area contributed by atoms with Crippen LogP contribution in [0.25, 0.3) is 11.2 Å². The molecule has 2 aromatic rings. The Kier molecular flexibility index (Phi) is 7.54. The molecule has 0 aromatic carbocycles. The van der Waals surface area contributed by atoms with Crippen LogP contribution in [0.2, 0.25) is 5.15 Å². The van der Waals surface area contributed by atoms with Crippen LogP contribution >= 0.6 is 31.8 Å². The van der Waals surface area contributed by atoms with Crippen LogP contribution < -0.4 is 10.2 Å². The summed E-state index contributed by atoms with van der Waals surface area (Å²) in [5.41, 5.74) is 0.0196. The number of amides is 1. The average Bonchev–Trinajstić information content (AvgIpc) is 2.99. The van der Waals surface area contributed by atoms with Crippen LogP contribution in [0.5, 0.6) is 0 Å². The highest BCUT2D eigenvalue weighted by Gasteiger charge is 2.37. The summed E-state index contributed by atoms with van der Waals surface area (Å²) in [5.74, 6) is 0.0132. The monoisotopic (exact) mass is 421 g/mol. The molecule has 0 bridgehead atoms. The van der Waals surface area contributed by atoms with E-state index in [-0.39, 0.29) is 25.2 Å². The lowest BCUT2D eigenvalue weighted by Gasteiger charge is -2.28. The van der Waals surface area contributed by atoms with E-state index in [0.29, 0.717) is 25.1 Å². The first-order valence-corrected chi connectivity index (χ1v) is 9.63. The Morgan fingerprint density at radius 3 is 2.69 bits per heavy atom. The van der Waals surface area contributed by atoms with Crippen molar-refractivity contribution in [3.8, 4) is 0 Å². The molecular formula is C13H17ClN5O5PS. The quantitative estimate of drug-likeness (QED) is 0.252. The predicted molar refractivity (Wildman–Crippen MR) is 97.2 cm³/mol. The number of hydrogen-bond donors (Lipinski definition) is 1. The molecule has 0 fully saturated rings. The molecule has 2 heterocycles. The summed E-state index contributed by atoms with van der Waals surface area (Å²) in [5, 5.41) is 2.39. The molecule has 2 rings (SSSR count). The third-order valence-electron chi connectivity index (χ3n) is 2.85. The molecule has 26 heavy (non-hydrogen) atoms. The first-order chi connectivity index (χ1) is 12.5. The number of carbonyl (C=O) groups is 1. The molecule has 0 saturated carbocycles. The molecule has 1 amide bonds. The molecule has 0 aliphatic carbocycles. The SMILES string of the molecule is CCOC(OCC)(P=O)SC(C)On1cnc2c(Cl)nc(NC=O)nc21. The number of carbonyl (C=O) groups excluding carboxylic acids is 1. The van der Waals surface area contributed by atoms with E-state index in [4.69, 9.17) is 25.9 Å². The van der Waals surface area contributed by atoms with Crippen molar-refractivity contribution >= 4 is 55.3 Å². The van der Waals surface area contributed by atoms with E-state index < -0.39 is 10.3 Å². The van der Waals surface area contributed by atoms with E-state index in [1.807, 2.05) is 0 Å². The van der Waals surface area contributed by atoms with Gasteiger partial charge in [-0.2, -0.15) is 14.7 Å². The molecule has 13 heteroatoms. The largest absolute Gasteiger partial charge is 0.397 e. The molecule has 1 N–H and O–H groups in total. The molecule has 2 aromatic heterocycles. The summed E-state index contributed by atoms with van der Waals surface area (Å²) < 4.78 is 23.8. The van der Waals surface area contributed by atoms with Gasteiger partial charge in [-0.25, -0.2) is 4.98 Å². The molecular weight excluding hydrogens is 405 g/mol.